The number of nitrogens with one attached hydrogen (secondary N) is 2. The number of nitrogens with zero attached hydrogens (tertiary/aromatic N) is 3. The van der Waals surface area contributed by atoms with Crippen molar-refractivity contribution in [3.05, 3.63) is 65.7 Å². The second-order valence-electron chi connectivity index (χ2n) is 8.95. The molecule has 0 spiro atoms. The van der Waals surface area contributed by atoms with Gasteiger partial charge in [-0.15, -0.1) is 11.3 Å². The zero-order valence-electron chi connectivity index (χ0n) is 19.6. The van der Waals surface area contributed by atoms with Gasteiger partial charge in [0.05, 0.1) is 11.4 Å². The Kier molecular flexibility index (Phi) is 7.02. The Balaban J connectivity index is 1.39. The van der Waals surface area contributed by atoms with Crippen LogP contribution in [0.3, 0.4) is 0 Å². The minimum Gasteiger partial charge on any atom is -0.444 e. The van der Waals surface area contributed by atoms with Crippen molar-refractivity contribution in [2.45, 2.75) is 26.4 Å². The van der Waals surface area contributed by atoms with Crippen LogP contribution in [-0.2, 0) is 4.74 Å². The van der Waals surface area contributed by atoms with E-state index in [2.05, 4.69) is 20.5 Å². The van der Waals surface area contributed by atoms with Crippen molar-refractivity contribution in [3.63, 3.8) is 0 Å². The number of hydrogen-bond donors (Lipinski definition) is 2. The predicted molar refractivity (Wildman–Crippen MR) is 136 cm³/mol. The molecule has 4 rings (SSSR count). The van der Waals surface area contributed by atoms with Crippen LogP contribution in [0.5, 0.6) is 0 Å². The lowest BCUT2D eigenvalue weighted by Gasteiger charge is -2.37. The average molecular weight is 480 g/mol. The first-order valence-electron chi connectivity index (χ1n) is 11.2. The highest BCUT2D eigenvalue weighted by molar-refractivity contribution is 7.14. The Morgan fingerprint density at radius 2 is 1.65 bits per heavy atom. The number of carbonyl (C=O) groups excluding carboxylic acids is 2. The molecular formula is C25H29N5O3S. The van der Waals surface area contributed by atoms with Gasteiger partial charge in [-0.3, -0.25) is 4.79 Å². The van der Waals surface area contributed by atoms with Gasteiger partial charge in [0, 0.05) is 37.2 Å². The van der Waals surface area contributed by atoms with Crippen LogP contribution in [0.15, 0.2) is 60.0 Å². The van der Waals surface area contributed by atoms with E-state index < -0.39 is 5.60 Å². The van der Waals surface area contributed by atoms with Crippen molar-refractivity contribution in [2.24, 2.45) is 0 Å². The van der Waals surface area contributed by atoms with Gasteiger partial charge in [0.2, 0.25) is 0 Å². The molecular weight excluding hydrogens is 450 g/mol. The summed E-state index contributed by atoms with van der Waals surface area (Å²) in [5.41, 5.74) is 2.38. The van der Waals surface area contributed by atoms with Gasteiger partial charge in [-0.05, 0) is 45.0 Å². The van der Waals surface area contributed by atoms with E-state index in [9.17, 15) is 9.59 Å². The number of rotatable bonds is 5. The van der Waals surface area contributed by atoms with Crippen LogP contribution in [0.4, 0.5) is 27.0 Å². The fourth-order valence-corrected chi connectivity index (χ4v) is 4.29. The van der Waals surface area contributed by atoms with Crippen LogP contribution in [0.25, 0.3) is 0 Å². The number of piperazine rings is 1. The van der Waals surface area contributed by atoms with Crippen molar-refractivity contribution in [1.82, 2.24) is 9.88 Å². The number of para-hydroxylation sites is 3. The summed E-state index contributed by atoms with van der Waals surface area (Å²) in [4.78, 5) is 33.6. The zero-order valence-corrected chi connectivity index (χ0v) is 20.4. The maximum absolute atomic E-state index is 12.9. The maximum atomic E-state index is 12.9. The van der Waals surface area contributed by atoms with E-state index in [1.54, 1.807) is 10.3 Å². The molecule has 0 aliphatic carbocycles. The molecule has 1 aliphatic rings. The molecule has 0 unspecified atom stereocenters. The minimum absolute atomic E-state index is 0.266. The molecule has 2 heterocycles. The van der Waals surface area contributed by atoms with E-state index >= 15 is 0 Å². The van der Waals surface area contributed by atoms with Gasteiger partial charge in [-0.2, -0.15) is 0 Å². The molecule has 3 aromatic rings. The first-order chi connectivity index (χ1) is 16.3. The molecule has 2 N–H and O–H groups in total. The summed E-state index contributed by atoms with van der Waals surface area (Å²) in [6.07, 6.45) is -0.294. The number of amides is 2. The number of anilines is 4. The molecule has 1 fully saturated rings. The summed E-state index contributed by atoms with van der Waals surface area (Å²) in [6, 6.07) is 17.4. The lowest BCUT2D eigenvalue weighted by atomic mass is 10.2. The lowest BCUT2D eigenvalue weighted by Crippen LogP contribution is -2.50. The Labute approximate surface area is 203 Å². The highest BCUT2D eigenvalue weighted by Gasteiger charge is 2.27. The van der Waals surface area contributed by atoms with E-state index in [4.69, 9.17) is 4.74 Å². The predicted octanol–water partition coefficient (Wildman–Crippen LogP) is 5.20. The third kappa shape index (κ3) is 6.05. The summed E-state index contributed by atoms with van der Waals surface area (Å²) in [5.74, 6) is -0.266. The van der Waals surface area contributed by atoms with Gasteiger partial charge in [0.25, 0.3) is 5.91 Å². The quantitative estimate of drug-likeness (QED) is 0.523. The van der Waals surface area contributed by atoms with E-state index in [0.717, 1.165) is 11.4 Å². The zero-order chi connectivity index (χ0) is 24.1. The van der Waals surface area contributed by atoms with Crippen molar-refractivity contribution < 1.29 is 14.3 Å². The van der Waals surface area contributed by atoms with Gasteiger partial charge < -0.3 is 25.2 Å². The largest absolute Gasteiger partial charge is 0.444 e. The molecule has 178 valence electrons. The Bertz CT molecular complexity index is 1130. The standard InChI is InChI=1S/C25H29N5O3S/c1-25(2,3)33-24(32)30-15-13-29(14-16-30)21-12-8-7-11-19(21)27-22(31)20-17-34-23(28-20)26-18-9-5-4-6-10-18/h4-12,17H,13-16H2,1-3H3,(H,26,28)(H,27,31). The van der Waals surface area contributed by atoms with Crippen LogP contribution in [0.1, 0.15) is 31.3 Å². The van der Waals surface area contributed by atoms with Gasteiger partial charge in [0.15, 0.2) is 5.13 Å². The topological polar surface area (TPSA) is 86.8 Å². The van der Waals surface area contributed by atoms with Crippen molar-refractivity contribution >= 4 is 45.5 Å². The number of aromatic nitrogens is 1. The van der Waals surface area contributed by atoms with Crippen molar-refractivity contribution in [2.75, 3.05) is 41.7 Å². The smallest absolute Gasteiger partial charge is 0.410 e. The molecule has 9 heteroatoms. The molecule has 0 saturated carbocycles. The van der Waals surface area contributed by atoms with Gasteiger partial charge in [0.1, 0.15) is 11.3 Å². The van der Waals surface area contributed by atoms with Crippen molar-refractivity contribution in [1.29, 1.82) is 0 Å². The minimum atomic E-state index is -0.517. The molecule has 0 radical (unpaired) electrons. The van der Waals surface area contributed by atoms with E-state index in [0.29, 0.717) is 42.7 Å². The third-order valence-corrected chi connectivity index (χ3v) is 5.94. The van der Waals surface area contributed by atoms with Crippen LogP contribution in [0.2, 0.25) is 0 Å². The average Bonchev–Trinajstić information content (AvgIpc) is 3.28. The molecule has 34 heavy (non-hydrogen) atoms. The first-order valence-corrected chi connectivity index (χ1v) is 12.1. The maximum Gasteiger partial charge on any atom is 0.410 e. The summed E-state index contributed by atoms with van der Waals surface area (Å²) >= 11 is 1.38. The highest BCUT2D eigenvalue weighted by Crippen LogP contribution is 2.28. The molecule has 1 aromatic heterocycles. The number of thiazole rings is 1. The van der Waals surface area contributed by atoms with Gasteiger partial charge in [-0.25, -0.2) is 9.78 Å². The summed E-state index contributed by atoms with van der Waals surface area (Å²) in [7, 11) is 0. The molecule has 2 aromatic carbocycles. The second kappa shape index (κ2) is 10.1. The summed E-state index contributed by atoms with van der Waals surface area (Å²) in [5, 5.41) is 8.60. The Morgan fingerprint density at radius 3 is 2.35 bits per heavy atom. The monoisotopic (exact) mass is 479 g/mol. The molecule has 1 saturated heterocycles. The number of benzene rings is 2. The Hall–Kier alpha value is -3.59. The van der Waals surface area contributed by atoms with E-state index in [-0.39, 0.29) is 12.0 Å². The second-order valence-corrected chi connectivity index (χ2v) is 9.81. The molecule has 2 amide bonds. The van der Waals surface area contributed by atoms with E-state index in [1.807, 2.05) is 75.4 Å². The first kappa shape index (κ1) is 23.6. The van der Waals surface area contributed by atoms with Crippen LogP contribution >= 0.6 is 11.3 Å². The summed E-state index contributed by atoms with van der Waals surface area (Å²) in [6.45, 7) is 7.99. The highest BCUT2D eigenvalue weighted by atomic mass is 32.1. The number of hydrogen-bond acceptors (Lipinski definition) is 7. The molecule has 1 aliphatic heterocycles. The number of ether oxygens (including phenoxy) is 1. The molecule has 0 atom stereocenters. The molecule has 8 nitrogen and oxygen atoms in total. The fraction of sp³-hybridized carbons (Fsp3) is 0.320. The lowest BCUT2D eigenvalue weighted by molar-refractivity contribution is 0.0240. The van der Waals surface area contributed by atoms with Gasteiger partial charge >= 0.3 is 6.09 Å². The van der Waals surface area contributed by atoms with Crippen LogP contribution in [-0.4, -0.2) is 53.7 Å². The fourth-order valence-electron chi connectivity index (χ4n) is 3.58. The summed E-state index contributed by atoms with van der Waals surface area (Å²) < 4.78 is 5.48. The van der Waals surface area contributed by atoms with Crippen LogP contribution < -0.4 is 15.5 Å². The normalized spacial score (nSPS) is 14.0. The van der Waals surface area contributed by atoms with Crippen molar-refractivity contribution in [3.8, 4) is 0 Å². The number of carbonyl (C=O) groups is 2. The molecule has 0 bridgehead atoms. The Morgan fingerprint density at radius 1 is 0.971 bits per heavy atom. The SMILES string of the molecule is CC(C)(C)OC(=O)N1CCN(c2ccccc2NC(=O)c2csc(Nc3ccccc3)n2)CC1. The van der Waals surface area contributed by atoms with Gasteiger partial charge in [-0.1, -0.05) is 30.3 Å². The van der Waals surface area contributed by atoms with Crippen LogP contribution in [0, 0.1) is 0 Å². The third-order valence-electron chi connectivity index (χ3n) is 5.19. The van der Waals surface area contributed by atoms with E-state index in [1.165, 1.54) is 11.3 Å².